The molecule has 1 amide bonds. The second kappa shape index (κ2) is 10.4. The summed E-state index contributed by atoms with van der Waals surface area (Å²) < 4.78 is 4.78. The van der Waals surface area contributed by atoms with Crippen molar-refractivity contribution >= 4 is 52.0 Å². The molecule has 33 heavy (non-hydrogen) atoms. The van der Waals surface area contributed by atoms with Crippen molar-refractivity contribution in [3.63, 3.8) is 0 Å². The zero-order valence-electron chi connectivity index (χ0n) is 17.4. The second-order valence-corrected chi connectivity index (χ2v) is 9.54. The summed E-state index contributed by atoms with van der Waals surface area (Å²) in [7, 11) is 1.29. The number of carbonyl (C=O) groups is 2. The minimum absolute atomic E-state index is 0.0228. The van der Waals surface area contributed by atoms with Crippen LogP contribution in [0.15, 0.2) is 70.4 Å². The number of ether oxygens (including phenoxy) is 1. The molecule has 1 aromatic carbocycles. The third kappa shape index (κ3) is 5.14. The van der Waals surface area contributed by atoms with Crippen LogP contribution in [0.3, 0.4) is 0 Å². The normalized spacial score (nSPS) is 10.4. The Bertz CT molecular complexity index is 1330. The Morgan fingerprint density at radius 3 is 2.48 bits per heavy atom. The number of rotatable bonds is 7. The smallest absolute Gasteiger partial charge is 0.339 e. The monoisotopic (exact) mass is 491 g/mol. The van der Waals surface area contributed by atoms with E-state index in [9.17, 15) is 14.9 Å². The van der Waals surface area contributed by atoms with Crippen LogP contribution in [0.1, 0.15) is 15.9 Å². The van der Waals surface area contributed by atoms with Gasteiger partial charge in [0.1, 0.15) is 11.1 Å². The molecule has 0 aliphatic heterocycles. The first-order valence-corrected chi connectivity index (χ1v) is 12.5. The first kappa shape index (κ1) is 22.7. The van der Waals surface area contributed by atoms with E-state index >= 15 is 0 Å². The zero-order valence-corrected chi connectivity index (χ0v) is 19.9. The number of carbonyl (C=O) groups excluding carboxylic acids is 2. The fraction of sp³-hybridized carbons (Fsp3) is 0.0833. The van der Waals surface area contributed by atoms with Crippen molar-refractivity contribution in [1.29, 1.82) is 5.26 Å². The van der Waals surface area contributed by atoms with Gasteiger partial charge in [0.15, 0.2) is 0 Å². The molecular formula is C24H17N3O3S3. The van der Waals surface area contributed by atoms with Crippen molar-refractivity contribution in [3.8, 4) is 27.1 Å². The summed E-state index contributed by atoms with van der Waals surface area (Å²) in [5.41, 5.74) is 2.63. The second-order valence-electron chi connectivity index (χ2n) is 6.68. The molecular weight excluding hydrogens is 474 g/mol. The molecule has 0 aliphatic rings. The molecule has 0 unspecified atom stereocenters. The van der Waals surface area contributed by atoms with E-state index in [1.54, 1.807) is 46.9 Å². The van der Waals surface area contributed by atoms with Crippen LogP contribution in [0.5, 0.6) is 0 Å². The van der Waals surface area contributed by atoms with Gasteiger partial charge in [-0.25, -0.2) is 9.78 Å². The summed E-state index contributed by atoms with van der Waals surface area (Å²) >= 11 is 4.30. The van der Waals surface area contributed by atoms with Gasteiger partial charge in [-0.1, -0.05) is 36.0 Å². The maximum Gasteiger partial charge on any atom is 0.339 e. The number of nitrogens with one attached hydrogen (secondary N) is 1. The van der Waals surface area contributed by atoms with Gasteiger partial charge in [-0.3, -0.25) is 4.79 Å². The Hall–Kier alpha value is -3.45. The molecule has 0 saturated carbocycles. The topological polar surface area (TPSA) is 92.1 Å². The van der Waals surface area contributed by atoms with Crippen LogP contribution in [0, 0.1) is 11.3 Å². The lowest BCUT2D eigenvalue weighted by Gasteiger charge is -2.12. The first-order chi connectivity index (χ1) is 16.1. The maximum atomic E-state index is 12.7. The highest BCUT2D eigenvalue weighted by molar-refractivity contribution is 8.00. The van der Waals surface area contributed by atoms with E-state index in [2.05, 4.69) is 11.4 Å². The molecule has 4 rings (SSSR count). The van der Waals surface area contributed by atoms with Gasteiger partial charge in [0.2, 0.25) is 5.91 Å². The third-order valence-corrected chi connectivity index (χ3v) is 7.38. The van der Waals surface area contributed by atoms with Gasteiger partial charge >= 0.3 is 5.97 Å². The van der Waals surface area contributed by atoms with E-state index in [0.717, 1.165) is 21.0 Å². The fourth-order valence-electron chi connectivity index (χ4n) is 3.11. The molecule has 4 aromatic rings. The summed E-state index contributed by atoms with van der Waals surface area (Å²) in [6, 6.07) is 18.7. The van der Waals surface area contributed by atoms with E-state index in [1.165, 1.54) is 18.9 Å². The molecule has 0 saturated heterocycles. The van der Waals surface area contributed by atoms with E-state index in [1.807, 2.05) is 41.1 Å². The standard InChI is InChI=1S/C24H17N3O3S3/c1-30-24(29)15-6-2-3-7-18(15)26-22(28)14-33-23-17(13-25)16(20-8-4-10-31-20)12-19(27-23)21-9-5-11-32-21/h2-12H,14H2,1H3,(H,26,28). The molecule has 0 atom stereocenters. The van der Waals surface area contributed by atoms with Gasteiger partial charge in [-0.2, -0.15) is 5.26 Å². The van der Waals surface area contributed by atoms with Crippen LogP contribution in [-0.2, 0) is 9.53 Å². The number of thioether (sulfide) groups is 1. The van der Waals surface area contributed by atoms with E-state index in [4.69, 9.17) is 9.72 Å². The molecule has 3 heterocycles. The van der Waals surface area contributed by atoms with Crippen molar-refractivity contribution < 1.29 is 14.3 Å². The Morgan fingerprint density at radius 2 is 1.82 bits per heavy atom. The van der Waals surface area contributed by atoms with Crippen molar-refractivity contribution in [2.75, 3.05) is 18.2 Å². The number of anilines is 1. The van der Waals surface area contributed by atoms with Crippen LogP contribution >= 0.6 is 34.4 Å². The highest BCUT2D eigenvalue weighted by Crippen LogP contribution is 2.37. The number of esters is 1. The van der Waals surface area contributed by atoms with Gasteiger partial charge in [-0.15, -0.1) is 22.7 Å². The van der Waals surface area contributed by atoms with Crippen LogP contribution in [0.4, 0.5) is 5.69 Å². The number of para-hydroxylation sites is 1. The lowest BCUT2D eigenvalue weighted by molar-refractivity contribution is -0.113. The van der Waals surface area contributed by atoms with E-state index in [-0.39, 0.29) is 17.2 Å². The van der Waals surface area contributed by atoms with Crippen molar-refractivity contribution in [1.82, 2.24) is 4.98 Å². The first-order valence-electron chi connectivity index (χ1n) is 9.73. The number of aromatic nitrogens is 1. The highest BCUT2D eigenvalue weighted by atomic mass is 32.2. The van der Waals surface area contributed by atoms with Gasteiger partial charge in [0.05, 0.1) is 40.2 Å². The fourth-order valence-corrected chi connectivity index (χ4v) is 5.35. The highest BCUT2D eigenvalue weighted by Gasteiger charge is 2.19. The Balaban J connectivity index is 1.61. The number of hydrogen-bond donors (Lipinski definition) is 1. The number of hydrogen-bond acceptors (Lipinski definition) is 8. The number of nitrogens with zero attached hydrogens (tertiary/aromatic N) is 2. The summed E-state index contributed by atoms with van der Waals surface area (Å²) in [5.74, 6) is -0.827. The summed E-state index contributed by atoms with van der Waals surface area (Å²) in [6.07, 6.45) is 0. The summed E-state index contributed by atoms with van der Waals surface area (Å²) in [4.78, 5) is 31.3. The van der Waals surface area contributed by atoms with Crippen LogP contribution in [0.25, 0.3) is 21.0 Å². The van der Waals surface area contributed by atoms with Gasteiger partial charge in [-0.05, 0) is 41.1 Å². The SMILES string of the molecule is COC(=O)c1ccccc1NC(=O)CSc1nc(-c2cccs2)cc(-c2cccs2)c1C#N. The number of amides is 1. The predicted molar refractivity (Wildman–Crippen MR) is 133 cm³/mol. The van der Waals surface area contributed by atoms with Crippen LogP contribution in [0.2, 0.25) is 0 Å². The third-order valence-electron chi connectivity index (χ3n) is 4.60. The summed E-state index contributed by atoms with van der Waals surface area (Å²) in [5, 5.41) is 17.1. The number of nitriles is 1. The number of pyridine rings is 1. The minimum Gasteiger partial charge on any atom is -0.465 e. The van der Waals surface area contributed by atoms with Crippen LogP contribution < -0.4 is 5.32 Å². The molecule has 0 aliphatic carbocycles. The number of thiophene rings is 2. The number of methoxy groups -OCH3 is 1. The number of benzene rings is 1. The Morgan fingerprint density at radius 1 is 1.09 bits per heavy atom. The average molecular weight is 492 g/mol. The molecule has 6 nitrogen and oxygen atoms in total. The molecule has 0 spiro atoms. The molecule has 3 aromatic heterocycles. The quantitative estimate of drug-likeness (QED) is 0.255. The average Bonchev–Trinajstić information content (AvgIpc) is 3.57. The molecule has 0 fully saturated rings. The summed E-state index contributed by atoms with van der Waals surface area (Å²) in [6.45, 7) is 0. The van der Waals surface area contributed by atoms with Crippen molar-refractivity contribution in [2.45, 2.75) is 5.03 Å². The van der Waals surface area contributed by atoms with Crippen molar-refractivity contribution in [3.05, 3.63) is 76.5 Å². The van der Waals surface area contributed by atoms with Gasteiger partial charge < -0.3 is 10.1 Å². The van der Waals surface area contributed by atoms with E-state index < -0.39 is 5.97 Å². The lowest BCUT2D eigenvalue weighted by Crippen LogP contribution is -2.17. The molecule has 0 radical (unpaired) electrons. The van der Waals surface area contributed by atoms with Gasteiger partial charge in [0.25, 0.3) is 0 Å². The van der Waals surface area contributed by atoms with Crippen molar-refractivity contribution in [2.24, 2.45) is 0 Å². The predicted octanol–water partition coefficient (Wildman–Crippen LogP) is 5.93. The Kier molecular flexibility index (Phi) is 7.19. The molecule has 0 bridgehead atoms. The molecule has 9 heteroatoms. The maximum absolute atomic E-state index is 12.7. The van der Waals surface area contributed by atoms with Crippen LogP contribution in [-0.4, -0.2) is 29.7 Å². The zero-order chi connectivity index (χ0) is 23.2. The van der Waals surface area contributed by atoms with E-state index in [0.29, 0.717) is 16.3 Å². The lowest BCUT2D eigenvalue weighted by atomic mass is 10.1. The minimum atomic E-state index is -0.531. The van der Waals surface area contributed by atoms with Gasteiger partial charge in [0, 0.05) is 10.4 Å². The Labute approximate surface area is 202 Å². The largest absolute Gasteiger partial charge is 0.465 e. The molecule has 164 valence electrons. The molecule has 1 N–H and O–H groups in total.